The van der Waals surface area contributed by atoms with Crippen LogP contribution in [0.3, 0.4) is 0 Å². The highest BCUT2D eigenvalue weighted by Gasteiger charge is 2.33. The number of hydrogen-bond donors (Lipinski definition) is 1. The lowest BCUT2D eigenvalue weighted by Crippen LogP contribution is -2.20. The third kappa shape index (κ3) is 3.69. The summed E-state index contributed by atoms with van der Waals surface area (Å²) in [7, 11) is 1.74. The summed E-state index contributed by atoms with van der Waals surface area (Å²) in [6.45, 7) is 0.899. The van der Waals surface area contributed by atoms with Crippen molar-refractivity contribution in [3.05, 3.63) is 53.2 Å². The van der Waals surface area contributed by atoms with E-state index in [0.29, 0.717) is 18.9 Å². The third-order valence-electron chi connectivity index (χ3n) is 3.08. The maximum atomic E-state index is 12.4. The number of aromatic nitrogens is 2. The first-order chi connectivity index (χ1) is 9.91. The van der Waals surface area contributed by atoms with Crippen molar-refractivity contribution < 1.29 is 13.2 Å². The van der Waals surface area contributed by atoms with Gasteiger partial charge in [0.2, 0.25) is 0 Å². The van der Waals surface area contributed by atoms with Crippen molar-refractivity contribution in [2.45, 2.75) is 19.3 Å². The molecule has 0 amide bonds. The zero-order valence-electron chi connectivity index (χ0n) is 11.4. The molecule has 0 atom stereocenters. The molecular formula is C14H15F3N4. The molecule has 0 fully saturated rings. The Labute approximate surface area is 120 Å². The minimum absolute atomic E-state index is 0.370. The third-order valence-corrected chi connectivity index (χ3v) is 3.08. The second-order valence-corrected chi connectivity index (χ2v) is 4.60. The highest BCUT2D eigenvalue weighted by molar-refractivity contribution is 5.39. The van der Waals surface area contributed by atoms with Crippen LogP contribution in [0, 0.1) is 0 Å². The fraction of sp³-hybridized carbons (Fsp3) is 0.286. The standard InChI is InChI=1S/C14H15F3N4/c1-21(9-11-5-3-2-4-10(11)8-18)13-7-6-12(19-20-13)14(15,16)17/h2-7H,8-9,18H2,1H3. The van der Waals surface area contributed by atoms with Gasteiger partial charge >= 0.3 is 6.18 Å². The van der Waals surface area contributed by atoms with E-state index in [1.54, 1.807) is 11.9 Å². The first kappa shape index (κ1) is 15.2. The van der Waals surface area contributed by atoms with Gasteiger partial charge in [0.1, 0.15) is 0 Å². The second-order valence-electron chi connectivity index (χ2n) is 4.60. The van der Waals surface area contributed by atoms with Crippen molar-refractivity contribution >= 4 is 5.82 Å². The molecule has 0 bridgehead atoms. The number of alkyl halides is 3. The van der Waals surface area contributed by atoms with Crippen molar-refractivity contribution in [2.24, 2.45) is 5.73 Å². The topological polar surface area (TPSA) is 55.0 Å². The van der Waals surface area contributed by atoms with Gasteiger partial charge in [-0.05, 0) is 23.3 Å². The minimum atomic E-state index is -4.48. The Balaban J connectivity index is 2.15. The summed E-state index contributed by atoms with van der Waals surface area (Å²) in [4.78, 5) is 1.72. The van der Waals surface area contributed by atoms with E-state index in [4.69, 9.17) is 5.73 Å². The smallest absolute Gasteiger partial charge is 0.354 e. The van der Waals surface area contributed by atoms with E-state index in [1.807, 2.05) is 24.3 Å². The number of anilines is 1. The van der Waals surface area contributed by atoms with Gasteiger partial charge in [-0.2, -0.15) is 13.2 Å². The minimum Gasteiger partial charge on any atom is -0.354 e. The molecule has 1 heterocycles. The van der Waals surface area contributed by atoms with Crippen molar-refractivity contribution in [3.8, 4) is 0 Å². The lowest BCUT2D eigenvalue weighted by molar-refractivity contribution is -0.141. The molecule has 0 radical (unpaired) electrons. The summed E-state index contributed by atoms with van der Waals surface area (Å²) < 4.78 is 37.3. The SMILES string of the molecule is CN(Cc1ccccc1CN)c1ccc(C(F)(F)F)nn1. The molecule has 0 aliphatic rings. The molecule has 112 valence electrons. The van der Waals surface area contributed by atoms with Gasteiger partial charge in [0.15, 0.2) is 11.5 Å². The van der Waals surface area contributed by atoms with Crippen molar-refractivity contribution in [2.75, 3.05) is 11.9 Å². The van der Waals surface area contributed by atoms with Crippen molar-refractivity contribution in [1.29, 1.82) is 0 Å². The average molecular weight is 296 g/mol. The molecule has 2 rings (SSSR count). The molecule has 7 heteroatoms. The van der Waals surface area contributed by atoms with E-state index in [0.717, 1.165) is 17.2 Å². The first-order valence-corrected chi connectivity index (χ1v) is 6.30. The van der Waals surface area contributed by atoms with E-state index in [2.05, 4.69) is 10.2 Å². The maximum absolute atomic E-state index is 12.4. The predicted molar refractivity (Wildman–Crippen MR) is 73.5 cm³/mol. The number of nitrogens with two attached hydrogens (primary N) is 1. The monoisotopic (exact) mass is 296 g/mol. The van der Waals surface area contributed by atoms with Crippen LogP contribution in [0.4, 0.5) is 19.0 Å². The fourth-order valence-electron chi connectivity index (χ4n) is 1.93. The Morgan fingerprint density at radius 1 is 1.05 bits per heavy atom. The number of benzene rings is 1. The van der Waals surface area contributed by atoms with Gasteiger partial charge in [0.05, 0.1) is 0 Å². The normalized spacial score (nSPS) is 11.5. The number of nitrogens with zero attached hydrogens (tertiary/aromatic N) is 3. The average Bonchev–Trinajstić information content (AvgIpc) is 2.47. The summed E-state index contributed by atoms with van der Waals surface area (Å²) in [5.74, 6) is 0.370. The molecule has 21 heavy (non-hydrogen) atoms. The highest BCUT2D eigenvalue weighted by Crippen LogP contribution is 2.27. The molecule has 0 aliphatic heterocycles. The van der Waals surface area contributed by atoms with Gasteiger partial charge in [-0.15, -0.1) is 10.2 Å². The molecule has 1 aromatic carbocycles. The van der Waals surface area contributed by atoms with E-state index in [1.165, 1.54) is 6.07 Å². The lowest BCUT2D eigenvalue weighted by Gasteiger charge is -2.19. The van der Waals surface area contributed by atoms with Crippen LogP contribution >= 0.6 is 0 Å². The van der Waals surface area contributed by atoms with Crippen molar-refractivity contribution in [3.63, 3.8) is 0 Å². The van der Waals surface area contributed by atoms with Crippen molar-refractivity contribution in [1.82, 2.24) is 10.2 Å². The molecule has 0 aliphatic carbocycles. The quantitative estimate of drug-likeness (QED) is 0.942. The van der Waals surface area contributed by atoms with Gasteiger partial charge in [-0.25, -0.2) is 0 Å². The summed E-state index contributed by atoms with van der Waals surface area (Å²) in [5.41, 5.74) is 6.66. The summed E-state index contributed by atoms with van der Waals surface area (Å²) in [6, 6.07) is 9.86. The Bertz CT molecular complexity index is 596. The summed E-state index contributed by atoms with van der Waals surface area (Å²) >= 11 is 0. The van der Waals surface area contributed by atoms with Crippen LogP contribution in [0.5, 0.6) is 0 Å². The Hall–Kier alpha value is -2.15. The Morgan fingerprint density at radius 3 is 2.24 bits per heavy atom. The molecule has 0 spiro atoms. The van der Waals surface area contributed by atoms with E-state index >= 15 is 0 Å². The van der Waals surface area contributed by atoms with Crippen LogP contribution in [0.2, 0.25) is 0 Å². The molecule has 2 aromatic rings. The van der Waals surface area contributed by atoms with Gasteiger partial charge < -0.3 is 10.6 Å². The van der Waals surface area contributed by atoms with Gasteiger partial charge in [0.25, 0.3) is 0 Å². The van der Waals surface area contributed by atoms with Crippen LogP contribution in [-0.2, 0) is 19.3 Å². The van der Waals surface area contributed by atoms with Gasteiger partial charge in [-0.3, -0.25) is 0 Å². The zero-order valence-corrected chi connectivity index (χ0v) is 11.4. The summed E-state index contributed by atoms with van der Waals surface area (Å²) in [5, 5.41) is 6.84. The molecule has 1 aromatic heterocycles. The number of halogens is 3. The van der Waals surface area contributed by atoms with E-state index in [-0.39, 0.29) is 0 Å². The summed E-state index contributed by atoms with van der Waals surface area (Å²) in [6.07, 6.45) is -4.48. The van der Waals surface area contributed by atoms with Crippen LogP contribution in [-0.4, -0.2) is 17.2 Å². The van der Waals surface area contributed by atoms with Crippen LogP contribution in [0.25, 0.3) is 0 Å². The Morgan fingerprint density at radius 2 is 1.71 bits per heavy atom. The van der Waals surface area contributed by atoms with E-state index < -0.39 is 11.9 Å². The number of hydrogen-bond acceptors (Lipinski definition) is 4. The molecular weight excluding hydrogens is 281 g/mol. The van der Waals surface area contributed by atoms with Gasteiger partial charge in [0, 0.05) is 20.1 Å². The lowest BCUT2D eigenvalue weighted by atomic mass is 10.1. The number of rotatable bonds is 4. The highest BCUT2D eigenvalue weighted by atomic mass is 19.4. The van der Waals surface area contributed by atoms with Crippen LogP contribution in [0.1, 0.15) is 16.8 Å². The zero-order chi connectivity index (χ0) is 15.5. The molecule has 4 nitrogen and oxygen atoms in total. The molecule has 0 saturated carbocycles. The van der Waals surface area contributed by atoms with Crippen LogP contribution < -0.4 is 10.6 Å². The van der Waals surface area contributed by atoms with Gasteiger partial charge in [-0.1, -0.05) is 24.3 Å². The van der Waals surface area contributed by atoms with Crippen LogP contribution in [0.15, 0.2) is 36.4 Å². The second kappa shape index (κ2) is 6.09. The predicted octanol–water partition coefficient (Wildman–Crippen LogP) is 2.59. The first-order valence-electron chi connectivity index (χ1n) is 6.30. The maximum Gasteiger partial charge on any atom is 0.435 e. The largest absolute Gasteiger partial charge is 0.435 e. The molecule has 0 saturated heterocycles. The van der Waals surface area contributed by atoms with E-state index in [9.17, 15) is 13.2 Å². The Kier molecular flexibility index (Phi) is 4.42. The molecule has 2 N–H and O–H groups in total. The fourth-order valence-corrected chi connectivity index (χ4v) is 1.93. The molecule has 0 unspecified atom stereocenters.